The van der Waals surface area contributed by atoms with Gasteiger partial charge in [0.2, 0.25) is 0 Å². The van der Waals surface area contributed by atoms with Gasteiger partial charge in [-0.3, -0.25) is 4.55 Å². The van der Waals surface area contributed by atoms with Gasteiger partial charge in [-0.05, 0) is 48.3 Å². The molecule has 0 unspecified atom stereocenters. The van der Waals surface area contributed by atoms with E-state index >= 15 is 0 Å². The van der Waals surface area contributed by atoms with Crippen molar-refractivity contribution in [2.75, 3.05) is 0 Å². The molecule has 0 amide bonds. The molecule has 4 heteroatoms. The van der Waals surface area contributed by atoms with Crippen molar-refractivity contribution in [3.8, 4) is 0 Å². The van der Waals surface area contributed by atoms with E-state index in [4.69, 9.17) is 0 Å². The molecule has 0 radical (unpaired) electrons. The van der Waals surface area contributed by atoms with E-state index in [2.05, 4.69) is 26.0 Å². The Morgan fingerprint density at radius 1 is 0.625 bits per heavy atom. The van der Waals surface area contributed by atoms with Gasteiger partial charge in [-0.15, -0.1) is 0 Å². The minimum Gasteiger partial charge on any atom is -0.282 e. The third kappa shape index (κ3) is 8.86. The summed E-state index contributed by atoms with van der Waals surface area (Å²) in [5.41, 5.74) is 2.24. The van der Waals surface area contributed by atoms with E-state index in [9.17, 15) is 13.0 Å². The van der Waals surface area contributed by atoms with Gasteiger partial charge < -0.3 is 0 Å². The van der Waals surface area contributed by atoms with E-state index in [0.717, 1.165) is 42.0 Å². The quantitative estimate of drug-likeness (QED) is 0.190. The lowest BCUT2D eigenvalue weighted by Gasteiger charge is -2.14. The van der Waals surface area contributed by atoms with Gasteiger partial charge in [0.25, 0.3) is 10.1 Å². The van der Waals surface area contributed by atoms with Crippen molar-refractivity contribution < 1.29 is 13.0 Å². The Labute approximate surface area is 196 Å². The highest BCUT2D eigenvalue weighted by atomic mass is 32.2. The lowest BCUT2D eigenvalue weighted by Crippen LogP contribution is -2.03. The van der Waals surface area contributed by atoms with Gasteiger partial charge in [0.15, 0.2) is 0 Å². The van der Waals surface area contributed by atoms with Gasteiger partial charge in [0.1, 0.15) is 4.90 Å². The van der Waals surface area contributed by atoms with Crippen molar-refractivity contribution in [3.05, 3.63) is 41.5 Å². The number of fused-ring (bicyclic) bond motifs is 1. The molecule has 2 aromatic carbocycles. The fourth-order valence-electron chi connectivity index (χ4n) is 4.69. The molecule has 0 aliphatic carbocycles. The molecule has 180 valence electrons. The van der Waals surface area contributed by atoms with Crippen LogP contribution in [0.15, 0.2) is 35.2 Å². The number of aryl methyl sites for hydroxylation is 2. The summed E-state index contributed by atoms with van der Waals surface area (Å²) in [7, 11) is -4.25. The number of hydrogen-bond acceptors (Lipinski definition) is 2. The number of rotatable bonds is 17. The minimum atomic E-state index is -4.25. The Morgan fingerprint density at radius 3 is 1.62 bits per heavy atom. The van der Waals surface area contributed by atoms with Gasteiger partial charge in [0.05, 0.1) is 0 Å². The molecule has 3 nitrogen and oxygen atoms in total. The van der Waals surface area contributed by atoms with Gasteiger partial charge in [-0.2, -0.15) is 8.42 Å². The summed E-state index contributed by atoms with van der Waals surface area (Å²) in [5, 5.41) is 1.73. The molecule has 0 spiro atoms. The van der Waals surface area contributed by atoms with E-state index in [1.54, 1.807) is 12.1 Å². The fourth-order valence-corrected chi connectivity index (χ4v) is 5.44. The molecule has 2 rings (SSSR count). The molecule has 0 aromatic heterocycles. The fraction of sp³-hybridized carbons (Fsp3) is 0.643. The van der Waals surface area contributed by atoms with Crippen molar-refractivity contribution in [1.82, 2.24) is 0 Å². The molecule has 0 bridgehead atoms. The first kappa shape index (κ1) is 26.9. The van der Waals surface area contributed by atoms with Crippen LogP contribution >= 0.6 is 0 Å². The highest BCUT2D eigenvalue weighted by Crippen LogP contribution is 2.31. The van der Waals surface area contributed by atoms with Crippen LogP contribution in [-0.2, 0) is 23.0 Å². The smallest absolute Gasteiger partial charge is 0.282 e. The summed E-state index contributed by atoms with van der Waals surface area (Å²) in [6.45, 7) is 4.47. The van der Waals surface area contributed by atoms with Crippen molar-refractivity contribution >= 4 is 20.9 Å². The Bertz CT molecular complexity index is 902. The van der Waals surface area contributed by atoms with Gasteiger partial charge >= 0.3 is 0 Å². The molecule has 0 aliphatic rings. The summed E-state index contributed by atoms with van der Waals surface area (Å²) in [6, 6.07) is 9.61. The van der Waals surface area contributed by atoms with Crippen LogP contribution in [0.1, 0.15) is 115 Å². The van der Waals surface area contributed by atoms with Crippen molar-refractivity contribution in [1.29, 1.82) is 0 Å². The lowest BCUT2D eigenvalue weighted by atomic mass is 9.93. The average molecular weight is 461 g/mol. The first-order valence-corrected chi connectivity index (χ1v) is 14.4. The zero-order valence-electron chi connectivity index (χ0n) is 20.4. The molecule has 0 heterocycles. The largest absolute Gasteiger partial charge is 0.295 e. The summed E-state index contributed by atoms with van der Waals surface area (Å²) in [4.78, 5) is 0.0642. The zero-order chi connectivity index (χ0) is 23.2. The highest BCUT2D eigenvalue weighted by molar-refractivity contribution is 7.86. The van der Waals surface area contributed by atoms with Crippen molar-refractivity contribution in [2.24, 2.45) is 0 Å². The Kier molecular flexibility index (Phi) is 12.3. The molecular formula is C28H44O3S. The van der Waals surface area contributed by atoms with E-state index in [1.165, 1.54) is 82.6 Å². The summed E-state index contributed by atoms with van der Waals surface area (Å²) in [6.07, 6.45) is 19.2. The summed E-state index contributed by atoms with van der Waals surface area (Å²) < 4.78 is 34.1. The molecule has 0 fully saturated rings. The molecule has 0 saturated heterocycles. The minimum absolute atomic E-state index is 0.0642. The maximum absolute atomic E-state index is 12.1. The second-order valence-electron chi connectivity index (χ2n) is 9.28. The topological polar surface area (TPSA) is 54.4 Å². The second-order valence-corrected chi connectivity index (χ2v) is 10.7. The van der Waals surface area contributed by atoms with E-state index in [1.807, 2.05) is 6.07 Å². The maximum Gasteiger partial charge on any atom is 0.295 e. The molecule has 0 aliphatic heterocycles. The van der Waals surface area contributed by atoms with Crippen LogP contribution in [0.4, 0.5) is 0 Å². The van der Waals surface area contributed by atoms with Crippen LogP contribution in [0.3, 0.4) is 0 Å². The summed E-state index contributed by atoms with van der Waals surface area (Å²) >= 11 is 0. The van der Waals surface area contributed by atoms with Gasteiger partial charge in [-0.25, -0.2) is 0 Å². The van der Waals surface area contributed by atoms with Crippen molar-refractivity contribution in [2.45, 2.75) is 121 Å². The first-order valence-electron chi connectivity index (χ1n) is 13.0. The number of unbranched alkanes of at least 4 members (excludes halogenated alkanes) is 12. The normalized spacial score (nSPS) is 12.0. The Hall–Kier alpha value is -1.39. The van der Waals surface area contributed by atoms with Crippen molar-refractivity contribution in [3.63, 3.8) is 0 Å². The first-order chi connectivity index (χ1) is 15.5. The van der Waals surface area contributed by atoms with Crippen LogP contribution < -0.4 is 0 Å². The Morgan fingerprint density at radius 2 is 1.09 bits per heavy atom. The molecular weight excluding hydrogens is 416 g/mol. The molecule has 1 N–H and O–H groups in total. The SMILES string of the molecule is CCCCCCCCCc1ccc(CCCCCCCCC)c2c(S(=O)(=O)O)cccc12. The van der Waals surface area contributed by atoms with Crippen LogP contribution in [0.5, 0.6) is 0 Å². The number of hydrogen-bond donors (Lipinski definition) is 1. The second kappa shape index (κ2) is 14.7. The summed E-state index contributed by atoms with van der Waals surface area (Å²) in [5.74, 6) is 0. The maximum atomic E-state index is 12.1. The van der Waals surface area contributed by atoms with E-state index in [0.29, 0.717) is 0 Å². The van der Waals surface area contributed by atoms with Gasteiger partial charge in [-0.1, -0.05) is 115 Å². The van der Waals surface area contributed by atoms with E-state index < -0.39 is 10.1 Å². The lowest BCUT2D eigenvalue weighted by molar-refractivity contribution is 0.484. The molecule has 0 saturated carbocycles. The third-order valence-electron chi connectivity index (χ3n) is 6.56. The monoisotopic (exact) mass is 460 g/mol. The molecule has 32 heavy (non-hydrogen) atoms. The molecule has 2 aromatic rings. The van der Waals surface area contributed by atoms with Crippen LogP contribution in [0, 0.1) is 0 Å². The zero-order valence-corrected chi connectivity index (χ0v) is 21.2. The number of benzene rings is 2. The van der Waals surface area contributed by atoms with E-state index in [-0.39, 0.29) is 4.90 Å². The van der Waals surface area contributed by atoms with Gasteiger partial charge in [0, 0.05) is 5.39 Å². The Balaban J connectivity index is 2.09. The van der Waals surface area contributed by atoms with Crippen LogP contribution in [0.2, 0.25) is 0 Å². The highest BCUT2D eigenvalue weighted by Gasteiger charge is 2.18. The predicted octanol–water partition coefficient (Wildman–Crippen LogP) is 8.67. The van der Waals surface area contributed by atoms with Crippen LogP contribution in [-0.4, -0.2) is 13.0 Å². The van der Waals surface area contributed by atoms with Crippen LogP contribution in [0.25, 0.3) is 10.8 Å². The standard InChI is InChI=1S/C28H44O3S/c1-3-5-7-9-11-13-15-18-24-22-23-25(19-16-14-12-10-8-6-4-2)28-26(24)20-17-21-27(28)32(29,30)31/h17,20-23H,3-16,18-19H2,1-2H3,(H,29,30,31). The molecule has 0 atom stereocenters. The average Bonchev–Trinajstić information content (AvgIpc) is 2.77. The predicted molar refractivity (Wildman–Crippen MR) is 137 cm³/mol. The third-order valence-corrected chi connectivity index (χ3v) is 7.45.